The molecule has 0 radical (unpaired) electrons. The van der Waals surface area contributed by atoms with E-state index in [4.69, 9.17) is 9.26 Å². The third-order valence-corrected chi connectivity index (χ3v) is 7.06. The number of carbonyl (C=O) groups excluding carboxylic acids is 2. The summed E-state index contributed by atoms with van der Waals surface area (Å²) in [6.07, 6.45) is 5.62. The SMILES string of the molecule is Cc1nocc1CNC(=O)OC1CCc2c(sc(NC(=O)/C=C/c3cccs3)c2C#N)C1. The van der Waals surface area contributed by atoms with Crippen molar-refractivity contribution in [2.24, 2.45) is 0 Å². The average Bonchev–Trinajstić information content (AvgIpc) is 3.50. The highest BCUT2D eigenvalue weighted by atomic mass is 32.1. The van der Waals surface area contributed by atoms with E-state index in [1.54, 1.807) is 13.0 Å². The zero-order chi connectivity index (χ0) is 22.5. The van der Waals surface area contributed by atoms with Crippen molar-refractivity contribution < 1.29 is 18.8 Å². The molecule has 3 aromatic rings. The van der Waals surface area contributed by atoms with Gasteiger partial charge in [0.2, 0.25) is 5.91 Å². The fourth-order valence-corrected chi connectivity index (χ4v) is 5.29. The lowest BCUT2D eigenvalue weighted by Crippen LogP contribution is -2.31. The number of anilines is 1. The zero-order valence-corrected chi connectivity index (χ0v) is 18.8. The molecule has 1 aliphatic rings. The first kappa shape index (κ1) is 21.8. The molecule has 1 unspecified atom stereocenters. The Morgan fingerprint density at radius 3 is 3.06 bits per heavy atom. The molecule has 2 N–H and O–H groups in total. The van der Waals surface area contributed by atoms with Gasteiger partial charge in [0.15, 0.2) is 0 Å². The summed E-state index contributed by atoms with van der Waals surface area (Å²) in [5, 5.41) is 21.4. The Kier molecular flexibility index (Phi) is 6.68. The van der Waals surface area contributed by atoms with Crippen molar-refractivity contribution in [1.29, 1.82) is 5.26 Å². The molecule has 0 fully saturated rings. The highest BCUT2D eigenvalue weighted by molar-refractivity contribution is 7.16. The Morgan fingerprint density at radius 2 is 2.34 bits per heavy atom. The van der Waals surface area contributed by atoms with Gasteiger partial charge in [-0.25, -0.2) is 4.79 Å². The van der Waals surface area contributed by atoms with E-state index in [0.717, 1.165) is 26.6 Å². The van der Waals surface area contributed by atoms with Gasteiger partial charge in [0, 0.05) is 27.8 Å². The Labute approximate surface area is 192 Å². The second-order valence-electron chi connectivity index (χ2n) is 7.21. The maximum Gasteiger partial charge on any atom is 0.407 e. The van der Waals surface area contributed by atoms with Crippen LogP contribution in [-0.2, 0) is 28.9 Å². The number of rotatable bonds is 6. The molecule has 8 nitrogen and oxygen atoms in total. The van der Waals surface area contributed by atoms with Crippen molar-refractivity contribution in [3.05, 3.63) is 62.0 Å². The van der Waals surface area contributed by atoms with E-state index >= 15 is 0 Å². The van der Waals surface area contributed by atoms with Crippen LogP contribution in [0.25, 0.3) is 6.08 Å². The van der Waals surface area contributed by atoms with Crippen LogP contribution in [0.5, 0.6) is 0 Å². The summed E-state index contributed by atoms with van der Waals surface area (Å²) in [4.78, 5) is 26.4. The second kappa shape index (κ2) is 9.80. The van der Waals surface area contributed by atoms with Gasteiger partial charge >= 0.3 is 6.09 Å². The molecule has 1 atom stereocenters. The van der Waals surface area contributed by atoms with Gasteiger partial charge in [-0.1, -0.05) is 11.2 Å². The average molecular weight is 469 g/mol. The minimum Gasteiger partial charge on any atom is -0.446 e. The van der Waals surface area contributed by atoms with Crippen molar-refractivity contribution >= 4 is 45.8 Å². The Bertz CT molecular complexity index is 1190. The van der Waals surface area contributed by atoms with Gasteiger partial charge in [0.25, 0.3) is 0 Å². The number of aromatic nitrogens is 1. The van der Waals surface area contributed by atoms with Gasteiger partial charge in [-0.3, -0.25) is 4.79 Å². The topological polar surface area (TPSA) is 117 Å². The van der Waals surface area contributed by atoms with E-state index in [1.165, 1.54) is 35.0 Å². The van der Waals surface area contributed by atoms with Crippen molar-refractivity contribution in [2.75, 3.05) is 5.32 Å². The summed E-state index contributed by atoms with van der Waals surface area (Å²) in [6.45, 7) is 2.07. The molecule has 0 aliphatic heterocycles. The predicted molar refractivity (Wildman–Crippen MR) is 121 cm³/mol. The highest BCUT2D eigenvalue weighted by Crippen LogP contribution is 2.38. The standard InChI is InChI=1S/C22H20N4O4S2/c1-13-14(12-29-26-13)11-24-22(28)30-15-4-6-17-18(10-23)21(32-19(17)9-15)25-20(27)7-5-16-3-2-8-31-16/h2-3,5,7-8,12,15H,4,6,9,11H2,1H3,(H,24,28)(H,25,27)/b7-5+. The van der Waals surface area contributed by atoms with Crippen LogP contribution in [0.4, 0.5) is 9.80 Å². The summed E-state index contributed by atoms with van der Waals surface area (Å²) in [5.74, 6) is -0.287. The lowest BCUT2D eigenvalue weighted by atomic mass is 9.94. The summed E-state index contributed by atoms with van der Waals surface area (Å²) >= 11 is 2.90. The predicted octanol–water partition coefficient (Wildman–Crippen LogP) is 4.41. The normalized spacial score (nSPS) is 15.2. The molecule has 0 saturated heterocycles. The van der Waals surface area contributed by atoms with Crippen molar-refractivity contribution in [3.8, 4) is 6.07 Å². The monoisotopic (exact) mass is 468 g/mol. The van der Waals surface area contributed by atoms with Crippen LogP contribution < -0.4 is 10.6 Å². The number of thiophene rings is 2. The first-order valence-corrected chi connectivity index (χ1v) is 11.6. The Hall–Kier alpha value is -3.42. The van der Waals surface area contributed by atoms with Gasteiger partial charge in [-0.2, -0.15) is 5.26 Å². The van der Waals surface area contributed by atoms with Crippen LogP contribution >= 0.6 is 22.7 Å². The number of nitrogens with one attached hydrogen (secondary N) is 2. The van der Waals surface area contributed by atoms with E-state index < -0.39 is 6.09 Å². The summed E-state index contributed by atoms with van der Waals surface area (Å²) < 4.78 is 10.4. The maximum atomic E-state index is 12.3. The third kappa shape index (κ3) is 5.07. The Balaban J connectivity index is 1.36. The molecule has 0 aromatic carbocycles. The molecule has 10 heteroatoms. The number of ether oxygens (including phenoxy) is 1. The molecule has 3 aromatic heterocycles. The van der Waals surface area contributed by atoms with Gasteiger partial charge in [-0.05, 0) is 42.9 Å². The fraction of sp³-hybridized carbons (Fsp3) is 0.273. The fourth-order valence-electron chi connectivity index (χ4n) is 3.40. The lowest BCUT2D eigenvalue weighted by Gasteiger charge is -2.22. The van der Waals surface area contributed by atoms with Crippen LogP contribution in [-0.4, -0.2) is 23.3 Å². The summed E-state index contributed by atoms with van der Waals surface area (Å²) in [5.41, 5.74) is 2.93. The number of alkyl carbamates (subject to hydrolysis) is 1. The largest absolute Gasteiger partial charge is 0.446 e. The van der Waals surface area contributed by atoms with E-state index in [2.05, 4.69) is 21.9 Å². The number of fused-ring (bicyclic) bond motifs is 1. The van der Waals surface area contributed by atoms with Gasteiger partial charge in [0.05, 0.1) is 17.8 Å². The molecule has 3 heterocycles. The zero-order valence-electron chi connectivity index (χ0n) is 17.2. The number of amides is 2. The first-order chi connectivity index (χ1) is 15.5. The van der Waals surface area contributed by atoms with Gasteiger partial charge < -0.3 is 19.9 Å². The molecule has 2 amide bonds. The van der Waals surface area contributed by atoms with Gasteiger partial charge in [-0.15, -0.1) is 22.7 Å². The molecule has 32 heavy (non-hydrogen) atoms. The van der Waals surface area contributed by atoms with E-state index in [-0.39, 0.29) is 18.6 Å². The molecule has 0 spiro atoms. The molecule has 0 bridgehead atoms. The van der Waals surface area contributed by atoms with Crippen LogP contribution in [0, 0.1) is 18.3 Å². The lowest BCUT2D eigenvalue weighted by molar-refractivity contribution is -0.111. The second-order valence-corrected chi connectivity index (χ2v) is 9.29. The quantitative estimate of drug-likeness (QED) is 0.518. The molecule has 4 rings (SSSR count). The summed E-state index contributed by atoms with van der Waals surface area (Å²) in [6, 6.07) is 6.05. The van der Waals surface area contributed by atoms with Crippen LogP contribution in [0.1, 0.15) is 38.6 Å². The van der Waals surface area contributed by atoms with E-state index in [9.17, 15) is 14.9 Å². The van der Waals surface area contributed by atoms with Crippen LogP contribution in [0.3, 0.4) is 0 Å². The first-order valence-electron chi connectivity index (χ1n) is 9.95. The van der Waals surface area contributed by atoms with E-state index in [0.29, 0.717) is 29.8 Å². The van der Waals surface area contributed by atoms with Crippen LogP contribution in [0.15, 0.2) is 34.4 Å². The minimum absolute atomic E-state index is 0.277. The number of hydrogen-bond acceptors (Lipinski definition) is 8. The molecule has 1 aliphatic carbocycles. The van der Waals surface area contributed by atoms with Crippen molar-refractivity contribution in [3.63, 3.8) is 0 Å². The number of aryl methyl sites for hydroxylation is 1. The number of nitrogens with zero attached hydrogens (tertiary/aromatic N) is 2. The smallest absolute Gasteiger partial charge is 0.407 e. The minimum atomic E-state index is -0.511. The number of hydrogen-bond donors (Lipinski definition) is 2. The molecular weight excluding hydrogens is 448 g/mol. The molecule has 0 saturated carbocycles. The number of nitriles is 1. The van der Waals surface area contributed by atoms with Gasteiger partial charge in [0.1, 0.15) is 23.4 Å². The highest BCUT2D eigenvalue weighted by Gasteiger charge is 2.28. The van der Waals surface area contributed by atoms with Crippen molar-refractivity contribution in [1.82, 2.24) is 10.5 Å². The summed E-state index contributed by atoms with van der Waals surface area (Å²) in [7, 11) is 0. The molecular formula is C22H20N4O4S2. The Morgan fingerprint density at radius 1 is 1.47 bits per heavy atom. The van der Waals surface area contributed by atoms with E-state index in [1.807, 2.05) is 17.5 Å². The van der Waals surface area contributed by atoms with Crippen molar-refractivity contribution in [2.45, 2.75) is 38.8 Å². The van der Waals surface area contributed by atoms with Crippen LogP contribution in [0.2, 0.25) is 0 Å². The third-order valence-electron chi connectivity index (χ3n) is 5.06. The maximum absolute atomic E-state index is 12.3. The molecule has 164 valence electrons. The number of carbonyl (C=O) groups is 2.